The molecule has 40 heavy (non-hydrogen) atoms. The molecule has 4 aliphatic rings. The zero-order valence-corrected chi connectivity index (χ0v) is 23.2. The first-order valence-electron chi connectivity index (χ1n) is 12.7. The summed E-state index contributed by atoms with van der Waals surface area (Å²) in [5.74, 6) is 0.851. The van der Waals surface area contributed by atoms with Crippen molar-refractivity contribution in [3.63, 3.8) is 0 Å². The molecule has 7 rings (SSSR count). The summed E-state index contributed by atoms with van der Waals surface area (Å²) in [6.07, 6.45) is 4.15. The fraction of sp³-hybridized carbons (Fsp3) is 0.400. The maximum absolute atomic E-state index is 14.0. The van der Waals surface area contributed by atoms with E-state index in [0.29, 0.717) is 57.3 Å². The van der Waals surface area contributed by atoms with Crippen LogP contribution in [0.2, 0.25) is 5.02 Å². The van der Waals surface area contributed by atoms with Crippen molar-refractivity contribution >= 4 is 44.6 Å². The van der Waals surface area contributed by atoms with Crippen molar-refractivity contribution in [1.82, 2.24) is 28.7 Å². The quantitative estimate of drug-likeness (QED) is 0.431. The topological polar surface area (TPSA) is 95.7 Å². The minimum atomic E-state index is -3.73. The number of aliphatic imine (C=N–C) groups is 1. The Kier molecular flexibility index (Phi) is 6.31. The number of rotatable bonds is 7. The highest BCUT2D eigenvalue weighted by molar-refractivity contribution is 7.87. The third-order valence-electron chi connectivity index (χ3n) is 7.83. The summed E-state index contributed by atoms with van der Waals surface area (Å²) >= 11 is 7.85. The van der Waals surface area contributed by atoms with Gasteiger partial charge in [-0.2, -0.15) is 31.3 Å². The number of piperidine rings is 1. The molecule has 0 radical (unpaired) electrons. The summed E-state index contributed by atoms with van der Waals surface area (Å²) in [6, 6.07) is 4.08. The van der Waals surface area contributed by atoms with Gasteiger partial charge < -0.3 is 4.90 Å². The molecular weight excluding hydrogens is 587 g/mol. The van der Waals surface area contributed by atoms with Gasteiger partial charge in [-0.1, -0.05) is 17.7 Å². The highest BCUT2D eigenvalue weighted by Crippen LogP contribution is 2.47. The van der Waals surface area contributed by atoms with Gasteiger partial charge in [0.05, 0.1) is 5.69 Å². The molecule has 1 saturated carbocycles. The van der Waals surface area contributed by atoms with Gasteiger partial charge in [0.2, 0.25) is 0 Å². The molecule has 4 atom stereocenters. The minimum absolute atomic E-state index is 0.120. The minimum Gasteiger partial charge on any atom is -0.326 e. The van der Waals surface area contributed by atoms with Crippen LogP contribution >= 0.6 is 22.9 Å². The van der Waals surface area contributed by atoms with E-state index >= 15 is 0 Å². The zero-order valence-electron chi connectivity index (χ0n) is 20.8. The van der Waals surface area contributed by atoms with E-state index < -0.39 is 34.7 Å². The molecule has 0 bridgehead atoms. The fourth-order valence-electron chi connectivity index (χ4n) is 5.87. The summed E-state index contributed by atoms with van der Waals surface area (Å²) in [5, 5.41) is 6.64. The lowest BCUT2D eigenvalue weighted by Crippen LogP contribution is -2.46. The highest BCUT2D eigenvalue weighted by atomic mass is 35.5. The average Bonchev–Trinajstić information content (AvgIpc) is 3.48. The number of nitrogens with zero attached hydrogens (tertiary/aromatic N) is 6. The van der Waals surface area contributed by atoms with Crippen molar-refractivity contribution in [2.75, 3.05) is 19.6 Å². The van der Waals surface area contributed by atoms with Crippen LogP contribution in [0, 0.1) is 17.7 Å². The van der Waals surface area contributed by atoms with Crippen LogP contribution in [0.1, 0.15) is 41.7 Å². The highest BCUT2D eigenvalue weighted by Gasteiger charge is 2.50. The Morgan fingerprint density at radius 1 is 1.15 bits per heavy atom. The number of hydrogen-bond donors (Lipinski definition) is 1. The Morgan fingerprint density at radius 2 is 1.95 bits per heavy atom. The zero-order chi connectivity index (χ0) is 27.8. The van der Waals surface area contributed by atoms with Crippen LogP contribution in [0.3, 0.4) is 0 Å². The number of halogens is 4. The Balaban J connectivity index is 1.33. The van der Waals surface area contributed by atoms with Crippen molar-refractivity contribution in [1.29, 1.82) is 0 Å². The summed E-state index contributed by atoms with van der Waals surface area (Å²) in [6.45, 7) is -1.55. The third-order valence-corrected chi connectivity index (χ3v) is 10.5. The van der Waals surface area contributed by atoms with Crippen LogP contribution in [0.15, 0.2) is 52.7 Å². The second-order valence-electron chi connectivity index (χ2n) is 10.4. The van der Waals surface area contributed by atoms with Gasteiger partial charge in [0.1, 0.15) is 11.9 Å². The lowest BCUT2D eigenvalue weighted by atomic mass is 9.92. The van der Waals surface area contributed by atoms with Crippen LogP contribution in [0.25, 0.3) is 5.57 Å². The van der Waals surface area contributed by atoms with Crippen molar-refractivity contribution in [3.05, 3.63) is 74.8 Å². The first kappa shape index (κ1) is 26.1. The monoisotopic (exact) mass is 609 g/mol. The van der Waals surface area contributed by atoms with Gasteiger partial charge in [-0.3, -0.25) is 4.99 Å². The maximum Gasteiger partial charge on any atom is 0.333 e. The molecule has 3 fully saturated rings. The molecular formula is C25H23ClF3N7O2S2. The fourth-order valence-corrected chi connectivity index (χ4v) is 8.28. The van der Waals surface area contributed by atoms with E-state index in [-0.39, 0.29) is 23.7 Å². The average molecular weight is 610 g/mol. The molecule has 3 aromatic rings. The SMILES string of the molecule is O=S(=O)(N[C@H]1CC2=C(c3ccn(C(F)F)n3)[C@H](c3ccc(F)cc3Cl)N=C(c3nccs3)N2C1)N1CC2CC2C1. The summed E-state index contributed by atoms with van der Waals surface area (Å²) in [7, 11) is -3.73. The number of nitrogens with one attached hydrogen (secondary N) is 1. The normalized spacial score (nSPS) is 26.4. The molecule has 9 nitrogen and oxygen atoms in total. The molecule has 5 heterocycles. The van der Waals surface area contributed by atoms with E-state index in [0.717, 1.165) is 6.42 Å². The first-order chi connectivity index (χ1) is 19.2. The molecule has 210 valence electrons. The van der Waals surface area contributed by atoms with E-state index in [1.807, 2.05) is 4.90 Å². The van der Waals surface area contributed by atoms with E-state index in [1.54, 1.807) is 11.6 Å². The summed E-state index contributed by atoms with van der Waals surface area (Å²) in [4.78, 5) is 11.3. The van der Waals surface area contributed by atoms with E-state index in [4.69, 9.17) is 16.6 Å². The van der Waals surface area contributed by atoms with Gasteiger partial charge in [0.15, 0.2) is 10.8 Å². The molecule has 2 aromatic heterocycles. The number of benzene rings is 1. The lowest BCUT2D eigenvalue weighted by Gasteiger charge is -2.32. The van der Waals surface area contributed by atoms with Gasteiger partial charge >= 0.3 is 6.55 Å². The lowest BCUT2D eigenvalue weighted by molar-refractivity contribution is 0.0564. The summed E-state index contributed by atoms with van der Waals surface area (Å²) in [5.41, 5.74) is 1.88. The van der Waals surface area contributed by atoms with Gasteiger partial charge in [-0.15, -0.1) is 11.3 Å². The predicted molar refractivity (Wildman–Crippen MR) is 144 cm³/mol. The first-order valence-corrected chi connectivity index (χ1v) is 15.4. The van der Waals surface area contributed by atoms with Gasteiger partial charge in [-0.05, 0) is 36.5 Å². The van der Waals surface area contributed by atoms with Crippen LogP contribution in [0.5, 0.6) is 0 Å². The second kappa shape index (κ2) is 9.65. The van der Waals surface area contributed by atoms with Crippen molar-refractivity contribution in [2.24, 2.45) is 16.8 Å². The second-order valence-corrected chi connectivity index (χ2v) is 13.4. The molecule has 3 aliphatic heterocycles. The van der Waals surface area contributed by atoms with Crippen molar-refractivity contribution < 1.29 is 21.6 Å². The smallest absolute Gasteiger partial charge is 0.326 e. The molecule has 2 unspecified atom stereocenters. The Labute approximate surface area is 237 Å². The predicted octanol–water partition coefficient (Wildman–Crippen LogP) is 4.30. The number of alkyl halides is 2. The van der Waals surface area contributed by atoms with E-state index in [9.17, 15) is 21.6 Å². The Bertz CT molecular complexity index is 1630. The van der Waals surface area contributed by atoms with Gasteiger partial charge in [0, 0.05) is 71.7 Å². The van der Waals surface area contributed by atoms with Crippen LogP contribution in [-0.4, -0.2) is 63.9 Å². The molecule has 1 N–H and O–H groups in total. The van der Waals surface area contributed by atoms with Crippen molar-refractivity contribution in [3.8, 4) is 0 Å². The van der Waals surface area contributed by atoms with Crippen LogP contribution < -0.4 is 4.72 Å². The van der Waals surface area contributed by atoms with Gasteiger partial charge in [0.25, 0.3) is 10.2 Å². The Morgan fingerprint density at radius 3 is 2.62 bits per heavy atom. The molecule has 2 saturated heterocycles. The molecule has 15 heteroatoms. The van der Waals surface area contributed by atoms with E-state index in [2.05, 4.69) is 14.8 Å². The molecule has 1 aromatic carbocycles. The maximum atomic E-state index is 14.0. The largest absolute Gasteiger partial charge is 0.333 e. The third kappa shape index (κ3) is 4.55. The standard InChI is InChI=1S/C25H23ClF3N7O2S2/c26-18-8-15(27)1-2-17(18)22-21(19-3-5-36(32-19)25(28)29)20-9-16(12-35(20)23(31-22)24-30-4-6-39-24)33-40(37,38)34-10-13-7-14(13)11-34/h1-6,8,13-14,16,22,25,33H,7,9-12H2/t13?,14?,16-,22-/m0/s1. The number of aromatic nitrogens is 3. The molecule has 0 amide bonds. The molecule has 0 spiro atoms. The number of fused-ring (bicyclic) bond motifs is 2. The van der Waals surface area contributed by atoms with E-state index in [1.165, 1.54) is 46.1 Å². The number of thiazole rings is 1. The number of amidine groups is 1. The molecule has 1 aliphatic carbocycles. The van der Waals surface area contributed by atoms with Crippen LogP contribution in [0.4, 0.5) is 13.2 Å². The number of hydrogen-bond acceptors (Lipinski definition) is 7. The Hall–Kier alpha value is -2.78. The van der Waals surface area contributed by atoms with Gasteiger partial charge in [-0.25, -0.2) is 14.1 Å². The summed E-state index contributed by atoms with van der Waals surface area (Å²) < 4.78 is 72.4. The van der Waals surface area contributed by atoms with Crippen LogP contribution in [-0.2, 0) is 10.2 Å². The van der Waals surface area contributed by atoms with Crippen molar-refractivity contribution in [2.45, 2.75) is 31.5 Å².